The number of ether oxygens (including phenoxy) is 1. The third kappa shape index (κ3) is 3.87. The van der Waals surface area contributed by atoms with Crippen molar-refractivity contribution >= 4 is 11.9 Å². The predicted molar refractivity (Wildman–Crippen MR) is 53.4 cm³/mol. The smallest absolute Gasteiger partial charge is 0.309 e. The first-order valence-corrected chi connectivity index (χ1v) is 5.16. The van der Waals surface area contributed by atoms with Crippen LogP contribution >= 0.6 is 0 Å². The van der Waals surface area contributed by atoms with Crippen LogP contribution in [0.1, 0.15) is 25.7 Å². The molecule has 0 spiro atoms. The van der Waals surface area contributed by atoms with E-state index in [4.69, 9.17) is 5.11 Å². The maximum atomic E-state index is 11.2. The summed E-state index contributed by atoms with van der Waals surface area (Å²) < 4.78 is 4.65. The molecule has 2 unspecified atom stereocenters. The third-order valence-corrected chi connectivity index (χ3v) is 2.76. The lowest BCUT2D eigenvalue weighted by atomic mass is 9.92. The van der Waals surface area contributed by atoms with Crippen LogP contribution in [0.2, 0.25) is 0 Å². The highest BCUT2D eigenvalue weighted by molar-refractivity contribution is 5.72. The lowest BCUT2D eigenvalue weighted by Crippen LogP contribution is -2.42. The third-order valence-electron chi connectivity index (χ3n) is 2.76. The molecule has 1 aliphatic rings. The molecular weight excluding hydrogens is 198 g/mol. The predicted octanol–water partition coefficient (Wildman–Crippen LogP) is 0.392. The van der Waals surface area contributed by atoms with Crippen molar-refractivity contribution in [3.05, 3.63) is 0 Å². The van der Waals surface area contributed by atoms with Crippen LogP contribution in [0, 0.1) is 5.92 Å². The van der Waals surface area contributed by atoms with Crippen molar-refractivity contribution in [2.24, 2.45) is 5.92 Å². The van der Waals surface area contributed by atoms with Gasteiger partial charge in [0.2, 0.25) is 0 Å². The molecule has 1 fully saturated rings. The Balaban J connectivity index is 2.23. The minimum absolute atomic E-state index is 0.0731. The van der Waals surface area contributed by atoms with Crippen molar-refractivity contribution < 1.29 is 19.4 Å². The van der Waals surface area contributed by atoms with Gasteiger partial charge in [-0.1, -0.05) is 0 Å². The molecule has 1 saturated heterocycles. The summed E-state index contributed by atoms with van der Waals surface area (Å²) in [5.41, 5.74) is 0. The fourth-order valence-electron chi connectivity index (χ4n) is 1.83. The van der Waals surface area contributed by atoms with Gasteiger partial charge in [-0.3, -0.25) is 9.59 Å². The molecule has 86 valence electrons. The van der Waals surface area contributed by atoms with Gasteiger partial charge in [-0.05, 0) is 19.3 Å². The van der Waals surface area contributed by atoms with E-state index in [1.165, 1.54) is 7.11 Å². The Kier molecular flexibility index (Phi) is 4.55. The van der Waals surface area contributed by atoms with Crippen molar-refractivity contribution in [2.75, 3.05) is 13.7 Å². The van der Waals surface area contributed by atoms with Gasteiger partial charge in [0.1, 0.15) is 0 Å². The number of esters is 1. The van der Waals surface area contributed by atoms with E-state index in [1.807, 2.05) is 0 Å². The summed E-state index contributed by atoms with van der Waals surface area (Å²) in [5.74, 6) is -1.03. The van der Waals surface area contributed by atoms with E-state index in [9.17, 15) is 9.59 Å². The van der Waals surface area contributed by atoms with E-state index in [1.54, 1.807) is 0 Å². The van der Waals surface area contributed by atoms with Crippen LogP contribution in [0.15, 0.2) is 0 Å². The van der Waals surface area contributed by atoms with Gasteiger partial charge >= 0.3 is 11.9 Å². The number of methoxy groups -OCH3 is 1. The number of hydrogen-bond acceptors (Lipinski definition) is 4. The first-order chi connectivity index (χ1) is 7.13. The van der Waals surface area contributed by atoms with Crippen LogP contribution in [0.3, 0.4) is 0 Å². The van der Waals surface area contributed by atoms with Crippen molar-refractivity contribution in [1.82, 2.24) is 5.32 Å². The first kappa shape index (κ1) is 12.0. The average molecular weight is 215 g/mol. The summed E-state index contributed by atoms with van der Waals surface area (Å²) in [5, 5.41) is 11.7. The number of carboxylic acids is 1. The largest absolute Gasteiger partial charge is 0.481 e. The minimum atomic E-state index is -0.771. The molecule has 0 radical (unpaired) electrons. The molecule has 5 heteroatoms. The standard InChI is InChI=1S/C10H17NO4/c1-15-10(14)7-2-3-8(11-6-7)4-5-9(12)13/h7-8,11H,2-6H2,1H3,(H,12,13). The molecule has 0 aromatic carbocycles. The Labute approximate surface area is 88.8 Å². The molecule has 0 aromatic heterocycles. The summed E-state index contributed by atoms with van der Waals surface area (Å²) in [6.07, 6.45) is 2.43. The average Bonchev–Trinajstić information content (AvgIpc) is 2.26. The first-order valence-electron chi connectivity index (χ1n) is 5.16. The molecule has 1 aliphatic heterocycles. The normalized spacial score (nSPS) is 25.9. The van der Waals surface area contributed by atoms with E-state index < -0.39 is 5.97 Å². The molecular formula is C10H17NO4. The Morgan fingerprint density at radius 3 is 2.67 bits per heavy atom. The maximum Gasteiger partial charge on any atom is 0.309 e. The highest BCUT2D eigenvalue weighted by atomic mass is 16.5. The fourth-order valence-corrected chi connectivity index (χ4v) is 1.83. The second kappa shape index (κ2) is 5.70. The fraction of sp³-hybridized carbons (Fsp3) is 0.800. The van der Waals surface area contributed by atoms with E-state index in [0.29, 0.717) is 13.0 Å². The van der Waals surface area contributed by atoms with Crippen LogP contribution in [0.5, 0.6) is 0 Å². The molecule has 0 aliphatic carbocycles. The molecule has 0 saturated carbocycles. The van der Waals surface area contributed by atoms with Gasteiger partial charge in [-0.15, -0.1) is 0 Å². The highest BCUT2D eigenvalue weighted by Crippen LogP contribution is 2.18. The zero-order valence-corrected chi connectivity index (χ0v) is 8.86. The van der Waals surface area contributed by atoms with Crippen molar-refractivity contribution in [2.45, 2.75) is 31.7 Å². The molecule has 0 aromatic rings. The molecule has 1 rings (SSSR count). The topological polar surface area (TPSA) is 75.6 Å². The number of aliphatic carboxylic acids is 1. The van der Waals surface area contributed by atoms with E-state index >= 15 is 0 Å². The van der Waals surface area contributed by atoms with Crippen molar-refractivity contribution in [3.8, 4) is 0 Å². The van der Waals surface area contributed by atoms with Crippen LogP contribution in [0.4, 0.5) is 0 Å². The molecule has 2 N–H and O–H groups in total. The number of carbonyl (C=O) groups excluding carboxylic acids is 1. The SMILES string of the molecule is COC(=O)C1CCC(CCC(=O)O)NC1. The van der Waals surface area contributed by atoms with Gasteiger partial charge in [-0.25, -0.2) is 0 Å². The van der Waals surface area contributed by atoms with E-state index in [0.717, 1.165) is 12.8 Å². The molecule has 5 nitrogen and oxygen atoms in total. The van der Waals surface area contributed by atoms with Gasteiger partial charge in [0.25, 0.3) is 0 Å². The second-order valence-electron chi connectivity index (χ2n) is 3.84. The van der Waals surface area contributed by atoms with Crippen molar-refractivity contribution in [1.29, 1.82) is 0 Å². The van der Waals surface area contributed by atoms with Gasteiger partial charge in [0, 0.05) is 19.0 Å². The molecule has 15 heavy (non-hydrogen) atoms. The van der Waals surface area contributed by atoms with Gasteiger partial charge in [0.05, 0.1) is 13.0 Å². The second-order valence-corrected chi connectivity index (χ2v) is 3.84. The lowest BCUT2D eigenvalue weighted by molar-refractivity contribution is -0.146. The number of rotatable bonds is 4. The number of piperidine rings is 1. The highest BCUT2D eigenvalue weighted by Gasteiger charge is 2.26. The number of carbonyl (C=O) groups is 2. The summed E-state index contributed by atoms with van der Waals surface area (Å²) in [4.78, 5) is 21.5. The van der Waals surface area contributed by atoms with Crippen LogP contribution < -0.4 is 5.32 Å². The summed E-state index contributed by atoms with van der Waals surface area (Å²) in [6.45, 7) is 0.594. The minimum Gasteiger partial charge on any atom is -0.481 e. The zero-order valence-electron chi connectivity index (χ0n) is 8.86. The van der Waals surface area contributed by atoms with Gasteiger partial charge < -0.3 is 15.2 Å². The molecule has 1 heterocycles. The Bertz CT molecular complexity index is 234. The quantitative estimate of drug-likeness (QED) is 0.663. The number of nitrogens with one attached hydrogen (secondary N) is 1. The lowest BCUT2D eigenvalue weighted by Gasteiger charge is -2.27. The Morgan fingerprint density at radius 1 is 1.47 bits per heavy atom. The monoisotopic (exact) mass is 215 g/mol. The van der Waals surface area contributed by atoms with E-state index in [2.05, 4.69) is 10.1 Å². The molecule has 0 bridgehead atoms. The molecule has 0 amide bonds. The van der Waals surface area contributed by atoms with Crippen molar-refractivity contribution in [3.63, 3.8) is 0 Å². The van der Waals surface area contributed by atoms with Crippen LogP contribution in [0.25, 0.3) is 0 Å². The summed E-state index contributed by atoms with van der Waals surface area (Å²) >= 11 is 0. The Hall–Kier alpha value is -1.10. The number of hydrogen-bond donors (Lipinski definition) is 2. The van der Waals surface area contributed by atoms with Gasteiger partial charge in [0.15, 0.2) is 0 Å². The van der Waals surface area contributed by atoms with Crippen LogP contribution in [-0.4, -0.2) is 36.7 Å². The summed E-state index contributed by atoms with van der Waals surface area (Å²) in [6, 6.07) is 0.224. The molecule has 2 atom stereocenters. The number of carboxylic acid groups (broad SMARTS) is 1. The zero-order chi connectivity index (χ0) is 11.3. The van der Waals surface area contributed by atoms with Gasteiger partial charge in [-0.2, -0.15) is 0 Å². The maximum absolute atomic E-state index is 11.2. The Morgan fingerprint density at radius 2 is 2.20 bits per heavy atom. The summed E-state index contributed by atoms with van der Waals surface area (Å²) in [7, 11) is 1.39. The van der Waals surface area contributed by atoms with Crippen LogP contribution in [-0.2, 0) is 14.3 Å². The van der Waals surface area contributed by atoms with E-state index in [-0.39, 0.29) is 24.3 Å².